The maximum atomic E-state index is 12.8. The van der Waals surface area contributed by atoms with Crippen LogP contribution in [0.2, 0.25) is 0 Å². The maximum absolute atomic E-state index is 12.8. The first kappa shape index (κ1) is 12.2. The Morgan fingerprint density at radius 3 is 2.50 bits per heavy atom. The number of alkyl halides is 3. The summed E-state index contributed by atoms with van der Waals surface area (Å²) in [6.07, 6.45) is -2.98. The highest BCUT2D eigenvalue weighted by Crippen LogP contribution is 2.35. The molecule has 94 valence electrons. The average molecular weight is 253 g/mol. The molecule has 0 aliphatic carbocycles. The van der Waals surface area contributed by atoms with Gasteiger partial charge in [0.25, 0.3) is 0 Å². The molecule has 0 amide bonds. The van der Waals surface area contributed by atoms with Crippen LogP contribution in [-0.4, -0.2) is 4.98 Å². The molecular formula is C12H10F3N3. The first-order valence-electron chi connectivity index (χ1n) is 5.11. The zero-order valence-electron chi connectivity index (χ0n) is 9.20. The van der Waals surface area contributed by atoms with Crippen LogP contribution in [0.5, 0.6) is 0 Å². The van der Waals surface area contributed by atoms with Crippen molar-refractivity contribution in [2.24, 2.45) is 0 Å². The molecule has 0 aliphatic heterocycles. The van der Waals surface area contributed by atoms with Gasteiger partial charge in [0.15, 0.2) is 0 Å². The highest BCUT2D eigenvalue weighted by Gasteiger charge is 2.33. The van der Waals surface area contributed by atoms with E-state index in [4.69, 9.17) is 5.73 Å². The Morgan fingerprint density at radius 1 is 1.11 bits per heavy atom. The van der Waals surface area contributed by atoms with Gasteiger partial charge >= 0.3 is 6.18 Å². The number of rotatable bonds is 2. The molecule has 0 unspecified atom stereocenters. The highest BCUT2D eigenvalue weighted by molar-refractivity contribution is 5.65. The van der Waals surface area contributed by atoms with Crippen molar-refractivity contribution in [3.05, 3.63) is 48.2 Å². The molecule has 0 fully saturated rings. The SMILES string of the molecule is Nc1cc(Nc2ccccc2C(F)(F)F)ccn1. The summed E-state index contributed by atoms with van der Waals surface area (Å²) in [6, 6.07) is 8.26. The van der Waals surface area contributed by atoms with Crippen LogP contribution in [0.4, 0.5) is 30.4 Å². The third-order valence-corrected chi connectivity index (χ3v) is 2.29. The van der Waals surface area contributed by atoms with Crippen molar-refractivity contribution in [3.8, 4) is 0 Å². The predicted molar refractivity (Wildman–Crippen MR) is 63.4 cm³/mol. The summed E-state index contributed by atoms with van der Waals surface area (Å²) in [4.78, 5) is 3.77. The smallest absolute Gasteiger partial charge is 0.384 e. The van der Waals surface area contributed by atoms with Crippen LogP contribution in [0.15, 0.2) is 42.6 Å². The molecule has 0 aliphatic rings. The highest BCUT2D eigenvalue weighted by atomic mass is 19.4. The van der Waals surface area contributed by atoms with Gasteiger partial charge in [-0.05, 0) is 18.2 Å². The van der Waals surface area contributed by atoms with Crippen molar-refractivity contribution in [1.29, 1.82) is 0 Å². The third-order valence-electron chi connectivity index (χ3n) is 2.29. The number of aromatic nitrogens is 1. The van der Waals surface area contributed by atoms with E-state index in [2.05, 4.69) is 10.3 Å². The van der Waals surface area contributed by atoms with E-state index < -0.39 is 11.7 Å². The lowest BCUT2D eigenvalue weighted by Gasteiger charge is -2.14. The van der Waals surface area contributed by atoms with E-state index in [1.165, 1.54) is 30.5 Å². The standard InChI is InChI=1S/C12H10F3N3/c13-12(14,15)9-3-1-2-4-10(9)18-8-5-6-17-11(16)7-8/h1-7H,(H3,16,17,18). The number of nitrogen functional groups attached to an aromatic ring is 1. The van der Waals surface area contributed by atoms with Crippen LogP contribution in [0.25, 0.3) is 0 Å². The number of nitrogens with one attached hydrogen (secondary N) is 1. The molecule has 3 N–H and O–H groups in total. The fourth-order valence-electron chi connectivity index (χ4n) is 1.52. The minimum atomic E-state index is -4.40. The minimum absolute atomic E-state index is 0.0180. The molecule has 0 saturated carbocycles. The summed E-state index contributed by atoms with van der Waals surface area (Å²) >= 11 is 0. The van der Waals surface area contributed by atoms with Gasteiger partial charge < -0.3 is 11.1 Å². The quantitative estimate of drug-likeness (QED) is 0.862. The Labute approximate surface area is 101 Å². The van der Waals surface area contributed by atoms with Crippen LogP contribution in [0.1, 0.15) is 5.56 Å². The largest absolute Gasteiger partial charge is 0.418 e. The van der Waals surface area contributed by atoms with Crippen LogP contribution in [0, 0.1) is 0 Å². The van der Waals surface area contributed by atoms with E-state index in [9.17, 15) is 13.2 Å². The van der Waals surface area contributed by atoms with Gasteiger partial charge in [-0.2, -0.15) is 13.2 Å². The fraction of sp³-hybridized carbons (Fsp3) is 0.0833. The number of hydrogen-bond donors (Lipinski definition) is 2. The van der Waals surface area contributed by atoms with E-state index >= 15 is 0 Å². The molecule has 2 aromatic rings. The molecule has 1 aromatic carbocycles. The molecule has 2 rings (SSSR count). The van der Waals surface area contributed by atoms with Gasteiger partial charge in [-0.1, -0.05) is 12.1 Å². The lowest BCUT2D eigenvalue weighted by Crippen LogP contribution is -2.08. The van der Waals surface area contributed by atoms with Gasteiger partial charge in [0, 0.05) is 18.0 Å². The number of hydrogen-bond acceptors (Lipinski definition) is 3. The molecule has 0 radical (unpaired) electrons. The number of pyridine rings is 1. The zero-order valence-corrected chi connectivity index (χ0v) is 9.20. The van der Waals surface area contributed by atoms with Crippen molar-refractivity contribution < 1.29 is 13.2 Å². The molecule has 0 saturated heterocycles. The molecule has 1 aromatic heterocycles. The maximum Gasteiger partial charge on any atom is 0.418 e. The summed E-state index contributed by atoms with van der Waals surface area (Å²) in [7, 11) is 0. The van der Waals surface area contributed by atoms with Gasteiger partial charge in [-0.15, -0.1) is 0 Å². The van der Waals surface area contributed by atoms with Crippen molar-refractivity contribution in [2.45, 2.75) is 6.18 Å². The molecule has 0 spiro atoms. The normalized spacial score (nSPS) is 11.3. The Kier molecular flexibility index (Phi) is 3.10. The second-order valence-corrected chi connectivity index (χ2v) is 3.64. The van der Waals surface area contributed by atoms with Crippen LogP contribution >= 0.6 is 0 Å². The summed E-state index contributed by atoms with van der Waals surface area (Å²) in [5.74, 6) is 0.240. The van der Waals surface area contributed by atoms with Gasteiger partial charge in [-0.25, -0.2) is 4.98 Å². The number of benzene rings is 1. The lowest BCUT2D eigenvalue weighted by molar-refractivity contribution is -0.136. The lowest BCUT2D eigenvalue weighted by atomic mass is 10.1. The van der Waals surface area contributed by atoms with Gasteiger partial charge in [0.05, 0.1) is 11.3 Å². The Morgan fingerprint density at radius 2 is 1.83 bits per heavy atom. The number of nitrogens with two attached hydrogens (primary N) is 1. The Balaban J connectivity index is 2.35. The van der Waals surface area contributed by atoms with Crippen molar-refractivity contribution in [2.75, 3.05) is 11.1 Å². The molecule has 1 heterocycles. The topological polar surface area (TPSA) is 50.9 Å². The summed E-state index contributed by atoms with van der Waals surface area (Å²) in [5, 5.41) is 2.68. The summed E-state index contributed by atoms with van der Waals surface area (Å²) < 4.78 is 38.3. The second-order valence-electron chi connectivity index (χ2n) is 3.64. The van der Waals surface area contributed by atoms with Crippen molar-refractivity contribution >= 4 is 17.2 Å². The molecule has 0 bridgehead atoms. The molecule has 0 atom stereocenters. The second kappa shape index (κ2) is 4.56. The van der Waals surface area contributed by atoms with Gasteiger partial charge in [0.2, 0.25) is 0 Å². The predicted octanol–water partition coefficient (Wildman–Crippen LogP) is 3.43. The number of para-hydroxylation sites is 1. The zero-order chi connectivity index (χ0) is 13.2. The number of halogens is 3. The molecule has 3 nitrogen and oxygen atoms in total. The van der Waals surface area contributed by atoms with E-state index in [1.807, 2.05) is 0 Å². The summed E-state index contributed by atoms with van der Waals surface area (Å²) in [6.45, 7) is 0. The first-order chi connectivity index (χ1) is 8.47. The fourth-order valence-corrected chi connectivity index (χ4v) is 1.52. The minimum Gasteiger partial charge on any atom is -0.384 e. The van der Waals surface area contributed by atoms with E-state index in [0.717, 1.165) is 6.07 Å². The van der Waals surface area contributed by atoms with Crippen molar-refractivity contribution in [1.82, 2.24) is 4.98 Å². The number of anilines is 3. The molecular weight excluding hydrogens is 243 g/mol. The van der Waals surface area contributed by atoms with Gasteiger partial charge in [-0.3, -0.25) is 0 Å². The third kappa shape index (κ3) is 2.71. The molecule has 6 heteroatoms. The Hall–Kier alpha value is -2.24. The van der Waals surface area contributed by atoms with Crippen molar-refractivity contribution in [3.63, 3.8) is 0 Å². The average Bonchev–Trinajstić information content (AvgIpc) is 2.28. The molecule has 18 heavy (non-hydrogen) atoms. The van der Waals surface area contributed by atoms with Gasteiger partial charge in [0.1, 0.15) is 5.82 Å². The van der Waals surface area contributed by atoms with E-state index in [-0.39, 0.29) is 11.5 Å². The van der Waals surface area contributed by atoms with E-state index in [0.29, 0.717) is 5.69 Å². The number of nitrogens with zero attached hydrogens (tertiary/aromatic N) is 1. The van der Waals surface area contributed by atoms with Crippen LogP contribution in [0.3, 0.4) is 0 Å². The first-order valence-corrected chi connectivity index (χ1v) is 5.11. The Bertz CT molecular complexity index is 552. The monoisotopic (exact) mass is 253 g/mol. The van der Waals surface area contributed by atoms with Crippen LogP contribution in [-0.2, 0) is 6.18 Å². The summed E-state index contributed by atoms with van der Waals surface area (Å²) in [5.41, 5.74) is 5.18. The van der Waals surface area contributed by atoms with Crippen LogP contribution < -0.4 is 11.1 Å². The van der Waals surface area contributed by atoms with E-state index in [1.54, 1.807) is 6.07 Å².